The Morgan fingerprint density at radius 3 is 2.74 bits per heavy atom. The zero-order chi connectivity index (χ0) is 14.4. The van der Waals surface area contributed by atoms with E-state index < -0.39 is 17.9 Å². The minimum absolute atomic E-state index is 0.119. The van der Waals surface area contributed by atoms with Crippen LogP contribution in [-0.2, 0) is 16.6 Å². The lowest BCUT2D eigenvalue weighted by Crippen LogP contribution is -2.44. The first-order valence-corrected chi connectivity index (χ1v) is 6.15. The Morgan fingerprint density at radius 2 is 2.26 bits per heavy atom. The van der Waals surface area contributed by atoms with E-state index in [1.807, 2.05) is 6.92 Å². The third-order valence-corrected chi connectivity index (χ3v) is 3.04. The number of carboxylic acids is 1. The van der Waals surface area contributed by atoms with Crippen molar-refractivity contribution in [3.63, 3.8) is 0 Å². The summed E-state index contributed by atoms with van der Waals surface area (Å²) >= 11 is 0. The molecule has 19 heavy (non-hydrogen) atoms. The third kappa shape index (κ3) is 4.24. The molecule has 0 saturated carbocycles. The van der Waals surface area contributed by atoms with Crippen LogP contribution in [0.4, 0.5) is 0 Å². The van der Waals surface area contributed by atoms with Crippen molar-refractivity contribution >= 4 is 18.0 Å². The molecule has 0 radical (unpaired) electrons. The van der Waals surface area contributed by atoms with Crippen molar-refractivity contribution in [2.24, 2.45) is 13.0 Å². The van der Waals surface area contributed by atoms with Crippen LogP contribution in [0, 0.1) is 5.92 Å². The van der Waals surface area contributed by atoms with Gasteiger partial charge in [0.2, 0.25) is 5.91 Å². The fraction of sp³-hybridized carbons (Fsp3) is 0.462. The van der Waals surface area contributed by atoms with Gasteiger partial charge in [-0.05, 0) is 18.1 Å². The zero-order valence-corrected chi connectivity index (χ0v) is 11.3. The van der Waals surface area contributed by atoms with Crippen LogP contribution < -0.4 is 5.32 Å². The molecule has 2 N–H and O–H groups in total. The van der Waals surface area contributed by atoms with E-state index in [1.54, 1.807) is 37.0 Å². The van der Waals surface area contributed by atoms with E-state index in [0.29, 0.717) is 6.42 Å². The highest BCUT2D eigenvalue weighted by atomic mass is 16.4. The summed E-state index contributed by atoms with van der Waals surface area (Å²) in [4.78, 5) is 22.8. The lowest BCUT2D eigenvalue weighted by Gasteiger charge is -2.19. The van der Waals surface area contributed by atoms with E-state index in [4.69, 9.17) is 5.11 Å². The van der Waals surface area contributed by atoms with E-state index in [1.165, 1.54) is 6.08 Å². The Kier molecular flexibility index (Phi) is 5.29. The van der Waals surface area contributed by atoms with Gasteiger partial charge in [0.15, 0.2) is 0 Å². The molecule has 0 aliphatic carbocycles. The van der Waals surface area contributed by atoms with Crippen LogP contribution in [-0.4, -0.2) is 32.8 Å². The van der Waals surface area contributed by atoms with Gasteiger partial charge in [-0.2, -0.15) is 5.10 Å². The number of nitrogens with zero attached hydrogens (tertiary/aromatic N) is 2. The van der Waals surface area contributed by atoms with Crippen molar-refractivity contribution in [3.05, 3.63) is 24.0 Å². The van der Waals surface area contributed by atoms with E-state index in [9.17, 15) is 9.59 Å². The molecular weight excluding hydrogens is 246 g/mol. The predicted molar refractivity (Wildman–Crippen MR) is 71.3 cm³/mol. The second kappa shape index (κ2) is 6.72. The molecule has 0 aliphatic heterocycles. The molecule has 0 aliphatic rings. The van der Waals surface area contributed by atoms with Gasteiger partial charge in [-0.15, -0.1) is 0 Å². The van der Waals surface area contributed by atoms with E-state index in [-0.39, 0.29) is 5.92 Å². The van der Waals surface area contributed by atoms with Gasteiger partial charge in [-0.1, -0.05) is 20.3 Å². The number of aromatic nitrogens is 2. The second-order valence-corrected chi connectivity index (χ2v) is 4.42. The Balaban J connectivity index is 2.66. The van der Waals surface area contributed by atoms with Gasteiger partial charge in [-0.3, -0.25) is 9.48 Å². The van der Waals surface area contributed by atoms with Gasteiger partial charge in [0.05, 0.1) is 5.69 Å². The highest BCUT2D eigenvalue weighted by Gasteiger charge is 2.24. The van der Waals surface area contributed by atoms with E-state index in [0.717, 1.165) is 5.69 Å². The number of aryl methyl sites for hydroxylation is 1. The maximum absolute atomic E-state index is 11.7. The molecule has 0 aromatic carbocycles. The standard InChI is InChI=1S/C13H19N3O3/c1-4-9(2)12(13(18)19)15-11(17)6-5-10-7-8-14-16(10)3/h5-9,12H,4H2,1-3H3,(H,15,17)(H,18,19)/t9?,12-/m0/s1. The topological polar surface area (TPSA) is 84.2 Å². The summed E-state index contributed by atoms with van der Waals surface area (Å²) in [6.07, 6.45) is 5.21. The molecule has 6 nitrogen and oxygen atoms in total. The lowest BCUT2D eigenvalue weighted by molar-refractivity contribution is -0.142. The number of carbonyl (C=O) groups is 2. The van der Waals surface area contributed by atoms with Crippen LogP contribution in [0.5, 0.6) is 0 Å². The lowest BCUT2D eigenvalue weighted by atomic mass is 9.99. The molecule has 1 aromatic rings. The summed E-state index contributed by atoms with van der Waals surface area (Å²) in [6.45, 7) is 3.68. The summed E-state index contributed by atoms with van der Waals surface area (Å²) in [5.41, 5.74) is 0.769. The monoisotopic (exact) mass is 265 g/mol. The number of amides is 1. The van der Waals surface area contributed by atoms with Gasteiger partial charge in [0.25, 0.3) is 0 Å². The van der Waals surface area contributed by atoms with Crippen molar-refractivity contribution in [2.75, 3.05) is 0 Å². The van der Waals surface area contributed by atoms with Gasteiger partial charge in [0, 0.05) is 19.3 Å². The van der Waals surface area contributed by atoms with Crippen molar-refractivity contribution < 1.29 is 14.7 Å². The Morgan fingerprint density at radius 1 is 1.58 bits per heavy atom. The molecule has 1 rings (SSSR count). The fourth-order valence-electron chi connectivity index (χ4n) is 1.59. The van der Waals surface area contributed by atoms with Crippen molar-refractivity contribution in [3.8, 4) is 0 Å². The number of hydrogen-bond donors (Lipinski definition) is 2. The highest BCUT2D eigenvalue weighted by molar-refractivity contribution is 5.94. The minimum Gasteiger partial charge on any atom is -0.480 e. The fourth-order valence-corrected chi connectivity index (χ4v) is 1.59. The van der Waals surface area contributed by atoms with Gasteiger partial charge < -0.3 is 10.4 Å². The van der Waals surface area contributed by atoms with Gasteiger partial charge >= 0.3 is 5.97 Å². The van der Waals surface area contributed by atoms with Crippen LogP contribution in [0.15, 0.2) is 18.3 Å². The number of carboxylic acid groups (broad SMARTS) is 1. The van der Waals surface area contributed by atoms with Gasteiger partial charge in [0.1, 0.15) is 6.04 Å². The zero-order valence-electron chi connectivity index (χ0n) is 11.3. The van der Waals surface area contributed by atoms with E-state index >= 15 is 0 Å². The molecule has 1 amide bonds. The van der Waals surface area contributed by atoms with Crippen molar-refractivity contribution in [2.45, 2.75) is 26.3 Å². The molecule has 104 valence electrons. The molecule has 1 heterocycles. The first-order chi connectivity index (χ1) is 8.95. The number of rotatable bonds is 6. The molecule has 0 spiro atoms. The van der Waals surface area contributed by atoms with Crippen LogP contribution in [0.1, 0.15) is 26.0 Å². The first kappa shape index (κ1) is 14.9. The second-order valence-electron chi connectivity index (χ2n) is 4.42. The number of carbonyl (C=O) groups excluding carboxylic acids is 1. The summed E-state index contributed by atoms with van der Waals surface area (Å²) in [5, 5.41) is 15.5. The molecule has 0 fully saturated rings. The Bertz CT molecular complexity index is 479. The molecule has 6 heteroatoms. The van der Waals surface area contributed by atoms with Crippen LogP contribution in [0.2, 0.25) is 0 Å². The quantitative estimate of drug-likeness (QED) is 0.753. The Labute approximate surface area is 112 Å². The SMILES string of the molecule is CCC(C)[C@H](NC(=O)C=Cc1ccnn1C)C(=O)O. The third-order valence-electron chi connectivity index (χ3n) is 3.04. The number of hydrogen-bond acceptors (Lipinski definition) is 3. The average molecular weight is 265 g/mol. The predicted octanol–water partition coefficient (Wildman–Crippen LogP) is 1.05. The molecule has 0 saturated heterocycles. The number of aliphatic carboxylic acids is 1. The maximum Gasteiger partial charge on any atom is 0.326 e. The largest absolute Gasteiger partial charge is 0.480 e. The first-order valence-electron chi connectivity index (χ1n) is 6.15. The molecule has 1 unspecified atom stereocenters. The van der Waals surface area contributed by atoms with Crippen molar-refractivity contribution in [1.82, 2.24) is 15.1 Å². The van der Waals surface area contributed by atoms with Crippen LogP contribution in [0.25, 0.3) is 6.08 Å². The Hall–Kier alpha value is -2.11. The molecule has 1 aromatic heterocycles. The average Bonchev–Trinajstić information content (AvgIpc) is 2.77. The molecule has 0 bridgehead atoms. The normalized spacial score (nSPS) is 14.3. The summed E-state index contributed by atoms with van der Waals surface area (Å²) < 4.78 is 1.62. The minimum atomic E-state index is -1.02. The van der Waals surface area contributed by atoms with Crippen LogP contribution >= 0.6 is 0 Å². The maximum atomic E-state index is 11.7. The molecule has 2 atom stereocenters. The summed E-state index contributed by atoms with van der Waals surface area (Å²) in [5.74, 6) is -1.56. The molecular formula is C13H19N3O3. The van der Waals surface area contributed by atoms with Gasteiger partial charge in [-0.25, -0.2) is 4.79 Å². The van der Waals surface area contributed by atoms with Crippen LogP contribution in [0.3, 0.4) is 0 Å². The van der Waals surface area contributed by atoms with Crippen molar-refractivity contribution in [1.29, 1.82) is 0 Å². The summed E-state index contributed by atoms with van der Waals surface area (Å²) in [6, 6.07) is 0.890. The smallest absolute Gasteiger partial charge is 0.326 e. The van der Waals surface area contributed by atoms with E-state index in [2.05, 4.69) is 10.4 Å². The summed E-state index contributed by atoms with van der Waals surface area (Å²) in [7, 11) is 1.76. The highest BCUT2D eigenvalue weighted by Crippen LogP contribution is 2.08. The number of nitrogens with one attached hydrogen (secondary N) is 1.